The Morgan fingerprint density at radius 2 is 1.93 bits per heavy atom. The van der Waals surface area contributed by atoms with Crippen LogP contribution in [0.1, 0.15) is 17.9 Å². The minimum atomic E-state index is -0.356. The number of hydrogen-bond acceptors (Lipinski definition) is 6. The Hall–Kier alpha value is -2.63. The number of nitriles is 1. The number of hydrogen-bond donors (Lipinski definition) is 0. The first-order chi connectivity index (χ1) is 14.5. The molecule has 0 aliphatic carbocycles. The number of fused-ring (bicyclic) bond motifs is 1. The van der Waals surface area contributed by atoms with Gasteiger partial charge in [0.25, 0.3) is 0 Å². The molecular weight excluding hydrogens is 466 g/mol. The molecule has 2 aromatic carbocycles. The van der Waals surface area contributed by atoms with Crippen LogP contribution in [0.4, 0.5) is 5.69 Å². The number of carbonyl (C=O) groups is 1. The van der Waals surface area contributed by atoms with Crippen molar-refractivity contribution in [1.82, 2.24) is 4.90 Å². The number of benzene rings is 2. The van der Waals surface area contributed by atoms with Gasteiger partial charge in [-0.2, -0.15) is 5.26 Å². The van der Waals surface area contributed by atoms with Gasteiger partial charge >= 0.3 is 0 Å². The Kier molecular flexibility index (Phi) is 5.93. The zero-order valence-corrected chi connectivity index (χ0v) is 19.0. The predicted octanol–water partition coefficient (Wildman–Crippen LogP) is 4.69. The molecule has 0 aromatic heterocycles. The maximum atomic E-state index is 13.1. The largest absolute Gasteiger partial charge is 0.497 e. The second kappa shape index (κ2) is 8.62. The Morgan fingerprint density at radius 3 is 2.60 bits per heavy atom. The van der Waals surface area contributed by atoms with E-state index < -0.39 is 0 Å². The molecule has 1 amide bonds. The Balaban J connectivity index is 1.70. The number of rotatable bonds is 4. The average Bonchev–Trinajstić information content (AvgIpc) is 2.79. The van der Waals surface area contributed by atoms with Crippen molar-refractivity contribution in [3.63, 3.8) is 0 Å². The maximum Gasteiger partial charge on any atom is 0.229 e. The molecule has 2 heterocycles. The van der Waals surface area contributed by atoms with E-state index >= 15 is 0 Å². The molecule has 1 fully saturated rings. The highest BCUT2D eigenvalue weighted by Gasteiger charge is 2.39. The van der Waals surface area contributed by atoms with Crippen LogP contribution in [0.15, 0.2) is 57.5 Å². The van der Waals surface area contributed by atoms with Crippen LogP contribution in [-0.2, 0) is 4.79 Å². The molecule has 0 bridgehead atoms. The van der Waals surface area contributed by atoms with Crippen molar-refractivity contribution in [1.29, 1.82) is 5.26 Å². The summed E-state index contributed by atoms with van der Waals surface area (Å²) in [5, 5.41) is 10.7. The van der Waals surface area contributed by atoms with E-state index in [2.05, 4.69) is 26.9 Å². The summed E-state index contributed by atoms with van der Waals surface area (Å²) in [5.41, 5.74) is 2.43. The quantitative estimate of drug-likeness (QED) is 0.625. The molecule has 1 saturated heterocycles. The summed E-state index contributed by atoms with van der Waals surface area (Å²) in [6, 6.07) is 15.8. The second-order valence-electron chi connectivity index (χ2n) is 6.95. The summed E-state index contributed by atoms with van der Waals surface area (Å²) in [7, 11) is 3.18. The molecule has 4 rings (SSSR count). The number of thioether (sulfide) groups is 1. The van der Waals surface area contributed by atoms with Gasteiger partial charge in [-0.1, -0.05) is 27.7 Å². The van der Waals surface area contributed by atoms with Crippen molar-refractivity contribution in [2.45, 2.75) is 12.3 Å². The second-order valence-corrected chi connectivity index (χ2v) is 8.80. The van der Waals surface area contributed by atoms with Crippen molar-refractivity contribution in [3.05, 3.63) is 63.1 Å². The van der Waals surface area contributed by atoms with E-state index in [-0.39, 0.29) is 18.2 Å². The average molecular weight is 486 g/mol. The van der Waals surface area contributed by atoms with E-state index in [0.717, 1.165) is 20.8 Å². The van der Waals surface area contributed by atoms with Crippen LogP contribution >= 0.6 is 27.7 Å². The lowest BCUT2D eigenvalue weighted by molar-refractivity contribution is -0.129. The molecule has 0 saturated carbocycles. The first kappa shape index (κ1) is 20.6. The Morgan fingerprint density at radius 1 is 1.17 bits per heavy atom. The number of carbonyl (C=O) groups excluding carboxylic acids is 1. The van der Waals surface area contributed by atoms with E-state index in [1.54, 1.807) is 19.1 Å². The fourth-order valence-corrected chi connectivity index (χ4v) is 5.19. The van der Waals surface area contributed by atoms with Gasteiger partial charge in [-0.15, -0.1) is 0 Å². The topological polar surface area (TPSA) is 65.8 Å². The SMILES string of the molecule is COc1ccc(OC)c(C2CC(=O)N3CN(c4ccc(Br)cc4)CSC3=C2C#N)c1. The summed E-state index contributed by atoms with van der Waals surface area (Å²) < 4.78 is 11.9. The fourth-order valence-electron chi connectivity index (χ4n) is 3.75. The summed E-state index contributed by atoms with van der Waals surface area (Å²) in [6.07, 6.45) is 0.213. The van der Waals surface area contributed by atoms with Crippen LogP contribution in [0.3, 0.4) is 0 Å². The summed E-state index contributed by atoms with van der Waals surface area (Å²) in [5.74, 6) is 1.61. The summed E-state index contributed by atoms with van der Waals surface area (Å²) in [6.45, 7) is 0.427. The monoisotopic (exact) mass is 485 g/mol. The molecule has 2 aliphatic rings. The molecule has 0 radical (unpaired) electrons. The van der Waals surface area contributed by atoms with Crippen molar-refractivity contribution < 1.29 is 14.3 Å². The van der Waals surface area contributed by atoms with E-state index in [9.17, 15) is 10.1 Å². The number of halogens is 1. The first-order valence-electron chi connectivity index (χ1n) is 9.35. The third kappa shape index (κ3) is 3.75. The van der Waals surface area contributed by atoms with Crippen LogP contribution in [-0.4, -0.2) is 37.6 Å². The minimum absolute atomic E-state index is 0.00631. The zero-order valence-electron chi connectivity index (χ0n) is 16.6. The van der Waals surface area contributed by atoms with Crippen LogP contribution in [0, 0.1) is 11.3 Å². The predicted molar refractivity (Wildman–Crippen MR) is 120 cm³/mol. The molecule has 154 valence electrons. The molecule has 1 atom stereocenters. The summed E-state index contributed by atoms with van der Waals surface area (Å²) >= 11 is 4.97. The van der Waals surface area contributed by atoms with Gasteiger partial charge in [0, 0.05) is 28.1 Å². The van der Waals surface area contributed by atoms with Crippen LogP contribution < -0.4 is 14.4 Å². The molecule has 30 heavy (non-hydrogen) atoms. The lowest BCUT2D eigenvalue weighted by atomic mass is 9.86. The van der Waals surface area contributed by atoms with Gasteiger partial charge in [-0.25, -0.2) is 0 Å². The van der Waals surface area contributed by atoms with Gasteiger partial charge in [-0.3, -0.25) is 9.69 Å². The standard InChI is InChI=1S/C22H20BrN3O3S/c1-28-16-7-8-20(29-2)18(9-16)17-10-21(27)26-12-25(13-30-22(26)19(17)11-24)15-5-3-14(23)4-6-15/h3-9,17H,10,12-13H2,1-2H3. The van der Waals surface area contributed by atoms with Crippen molar-refractivity contribution in [2.24, 2.45) is 0 Å². The smallest absolute Gasteiger partial charge is 0.229 e. The van der Waals surface area contributed by atoms with Crippen molar-refractivity contribution >= 4 is 39.3 Å². The van der Waals surface area contributed by atoms with Crippen molar-refractivity contribution in [3.8, 4) is 17.6 Å². The number of nitrogens with zero attached hydrogens (tertiary/aromatic N) is 3. The third-order valence-electron chi connectivity index (χ3n) is 5.30. The van der Waals surface area contributed by atoms with Crippen LogP contribution in [0.25, 0.3) is 0 Å². The van der Waals surface area contributed by atoms with Crippen LogP contribution in [0.2, 0.25) is 0 Å². The molecule has 6 nitrogen and oxygen atoms in total. The molecule has 1 unspecified atom stereocenters. The van der Waals surface area contributed by atoms with Gasteiger partial charge in [0.1, 0.15) is 11.5 Å². The molecule has 0 N–H and O–H groups in total. The molecule has 2 aromatic rings. The van der Waals surface area contributed by atoms with Gasteiger partial charge in [0.2, 0.25) is 5.91 Å². The minimum Gasteiger partial charge on any atom is -0.497 e. The van der Waals surface area contributed by atoms with Crippen molar-refractivity contribution in [2.75, 3.05) is 31.7 Å². The highest BCUT2D eigenvalue weighted by atomic mass is 79.9. The van der Waals surface area contributed by atoms with Gasteiger partial charge in [0.05, 0.1) is 43.4 Å². The number of methoxy groups -OCH3 is 2. The lowest BCUT2D eigenvalue weighted by Gasteiger charge is -2.42. The van der Waals surface area contributed by atoms with E-state index in [1.165, 1.54) is 11.8 Å². The van der Waals surface area contributed by atoms with E-state index in [0.29, 0.717) is 29.6 Å². The highest BCUT2D eigenvalue weighted by Crippen LogP contribution is 2.46. The molecule has 8 heteroatoms. The first-order valence-corrected chi connectivity index (χ1v) is 11.1. The zero-order chi connectivity index (χ0) is 21.3. The fraction of sp³-hybridized carbons (Fsp3) is 0.273. The molecule has 0 spiro atoms. The number of allylic oxidation sites excluding steroid dienone is 1. The van der Waals surface area contributed by atoms with E-state index in [4.69, 9.17) is 9.47 Å². The van der Waals surface area contributed by atoms with Gasteiger partial charge in [0.15, 0.2) is 0 Å². The van der Waals surface area contributed by atoms with E-state index in [1.807, 2.05) is 42.5 Å². The summed E-state index contributed by atoms with van der Waals surface area (Å²) in [4.78, 5) is 17.0. The Labute approximate surface area is 188 Å². The third-order valence-corrected chi connectivity index (χ3v) is 6.98. The lowest BCUT2D eigenvalue weighted by Crippen LogP contribution is -2.47. The normalized spacial score (nSPS) is 18.7. The number of amides is 1. The molecule has 2 aliphatic heterocycles. The number of ether oxygens (including phenoxy) is 2. The Bertz CT molecular complexity index is 1050. The van der Waals surface area contributed by atoms with Gasteiger partial charge < -0.3 is 14.4 Å². The van der Waals surface area contributed by atoms with Crippen LogP contribution in [0.5, 0.6) is 11.5 Å². The highest BCUT2D eigenvalue weighted by molar-refractivity contribution is 9.10. The van der Waals surface area contributed by atoms with Gasteiger partial charge in [-0.05, 0) is 42.5 Å². The molecular formula is C22H20BrN3O3S. The number of anilines is 1. The maximum absolute atomic E-state index is 13.1.